The summed E-state index contributed by atoms with van der Waals surface area (Å²) < 4.78 is 0. The molecule has 0 spiro atoms. The normalized spacial score (nSPS) is 11.1. The van der Waals surface area contributed by atoms with E-state index in [-0.39, 0.29) is 5.91 Å². The van der Waals surface area contributed by atoms with Crippen LogP contribution in [0.25, 0.3) is 0 Å². The first-order valence-corrected chi connectivity index (χ1v) is 4.85. The summed E-state index contributed by atoms with van der Waals surface area (Å²) in [5.41, 5.74) is 0. The van der Waals surface area contributed by atoms with Crippen LogP contribution in [-0.2, 0) is 4.79 Å². The Labute approximate surface area is 80.8 Å². The Hall–Kier alpha value is -0.830. The quantitative estimate of drug-likeness (QED) is 0.625. The van der Waals surface area contributed by atoms with Crippen molar-refractivity contribution in [3.05, 3.63) is 12.2 Å². The van der Waals surface area contributed by atoms with Crippen molar-refractivity contribution in [3.63, 3.8) is 0 Å². The molecule has 13 heavy (non-hydrogen) atoms. The van der Waals surface area contributed by atoms with Crippen LogP contribution in [0.1, 0.15) is 20.3 Å². The van der Waals surface area contributed by atoms with E-state index < -0.39 is 0 Å². The zero-order valence-electron chi connectivity index (χ0n) is 8.84. The Morgan fingerprint density at radius 1 is 1.46 bits per heavy atom. The zero-order valence-corrected chi connectivity index (χ0v) is 8.84. The molecule has 0 aromatic carbocycles. The summed E-state index contributed by atoms with van der Waals surface area (Å²) in [5, 5.41) is 2.54. The van der Waals surface area contributed by atoms with Crippen LogP contribution in [0.5, 0.6) is 0 Å². The topological polar surface area (TPSA) is 32.3 Å². The highest BCUT2D eigenvalue weighted by atomic mass is 16.1. The number of carbonyl (C=O) groups excluding carboxylic acids is 1. The minimum atomic E-state index is -0.0347. The van der Waals surface area contributed by atoms with Gasteiger partial charge in [-0.05, 0) is 19.5 Å². The van der Waals surface area contributed by atoms with Gasteiger partial charge in [-0.2, -0.15) is 0 Å². The maximum absolute atomic E-state index is 10.8. The molecular weight excluding hydrogens is 164 g/mol. The van der Waals surface area contributed by atoms with Crippen LogP contribution in [0.15, 0.2) is 12.2 Å². The minimum absolute atomic E-state index is 0.0347. The number of rotatable bonds is 6. The van der Waals surface area contributed by atoms with E-state index in [9.17, 15) is 4.79 Å². The van der Waals surface area contributed by atoms with Crippen molar-refractivity contribution >= 4 is 5.91 Å². The van der Waals surface area contributed by atoms with E-state index >= 15 is 0 Å². The van der Waals surface area contributed by atoms with Crippen molar-refractivity contribution in [2.75, 3.05) is 26.7 Å². The summed E-state index contributed by atoms with van der Waals surface area (Å²) in [7, 11) is 1.64. The summed E-state index contributed by atoms with van der Waals surface area (Å²) in [6, 6.07) is 0. The zero-order chi connectivity index (χ0) is 10.1. The third kappa shape index (κ3) is 6.34. The molecule has 3 nitrogen and oxygen atoms in total. The predicted octanol–water partition coefficient (Wildman–Crippen LogP) is 1.02. The lowest BCUT2D eigenvalue weighted by atomic mass is 10.3. The highest BCUT2D eigenvalue weighted by Crippen LogP contribution is 1.90. The van der Waals surface area contributed by atoms with Gasteiger partial charge in [0.05, 0.1) is 0 Å². The summed E-state index contributed by atoms with van der Waals surface area (Å²) >= 11 is 0. The molecule has 76 valence electrons. The second kappa shape index (κ2) is 7.80. The SMILES string of the molecule is CCCN(CC)C/C=C/C(=O)NC. The van der Waals surface area contributed by atoms with Gasteiger partial charge >= 0.3 is 0 Å². The molecule has 1 N–H and O–H groups in total. The minimum Gasteiger partial charge on any atom is -0.356 e. The molecule has 0 unspecified atom stereocenters. The summed E-state index contributed by atoms with van der Waals surface area (Å²) in [6.45, 7) is 7.27. The van der Waals surface area contributed by atoms with Crippen LogP contribution in [0.2, 0.25) is 0 Å². The number of amides is 1. The molecule has 1 amide bonds. The number of carbonyl (C=O) groups is 1. The van der Waals surface area contributed by atoms with Gasteiger partial charge in [-0.1, -0.05) is 19.9 Å². The number of nitrogens with zero attached hydrogens (tertiary/aromatic N) is 1. The first-order chi connectivity index (χ1) is 6.24. The van der Waals surface area contributed by atoms with Crippen molar-refractivity contribution in [1.29, 1.82) is 0 Å². The monoisotopic (exact) mass is 184 g/mol. The molecule has 0 atom stereocenters. The van der Waals surface area contributed by atoms with E-state index in [1.54, 1.807) is 13.1 Å². The summed E-state index contributed by atoms with van der Waals surface area (Å²) in [4.78, 5) is 13.1. The van der Waals surface area contributed by atoms with Gasteiger partial charge in [0.1, 0.15) is 0 Å². The highest BCUT2D eigenvalue weighted by Gasteiger charge is 1.96. The number of likely N-dealkylation sites (N-methyl/N-ethyl adjacent to an activating group) is 2. The van der Waals surface area contributed by atoms with Crippen LogP contribution >= 0.6 is 0 Å². The van der Waals surface area contributed by atoms with Gasteiger partial charge in [0.15, 0.2) is 0 Å². The van der Waals surface area contributed by atoms with Crippen LogP contribution in [0.4, 0.5) is 0 Å². The number of hydrogen-bond donors (Lipinski definition) is 1. The van der Waals surface area contributed by atoms with Crippen LogP contribution in [0.3, 0.4) is 0 Å². The average Bonchev–Trinajstić information content (AvgIpc) is 2.16. The van der Waals surface area contributed by atoms with Gasteiger partial charge in [-0.25, -0.2) is 0 Å². The molecule has 0 aromatic heterocycles. The van der Waals surface area contributed by atoms with E-state index in [1.807, 2.05) is 6.08 Å². The van der Waals surface area contributed by atoms with E-state index in [0.717, 1.165) is 26.1 Å². The van der Waals surface area contributed by atoms with E-state index in [4.69, 9.17) is 0 Å². The molecule has 0 heterocycles. The Bertz CT molecular complexity index is 166. The van der Waals surface area contributed by atoms with Crippen molar-refractivity contribution in [2.45, 2.75) is 20.3 Å². The van der Waals surface area contributed by atoms with Gasteiger partial charge in [0, 0.05) is 19.7 Å². The molecule has 3 heteroatoms. The van der Waals surface area contributed by atoms with Crippen LogP contribution in [-0.4, -0.2) is 37.5 Å². The van der Waals surface area contributed by atoms with Gasteiger partial charge in [-0.3, -0.25) is 9.69 Å². The molecule has 0 aliphatic carbocycles. The lowest BCUT2D eigenvalue weighted by molar-refractivity contribution is -0.116. The van der Waals surface area contributed by atoms with Crippen molar-refractivity contribution in [2.24, 2.45) is 0 Å². The molecule has 0 saturated heterocycles. The lowest BCUT2D eigenvalue weighted by Gasteiger charge is -2.16. The van der Waals surface area contributed by atoms with Crippen molar-refractivity contribution < 1.29 is 4.79 Å². The summed E-state index contributed by atoms with van der Waals surface area (Å²) in [6.07, 6.45) is 4.64. The highest BCUT2D eigenvalue weighted by molar-refractivity contribution is 5.87. The third-order valence-electron chi connectivity index (χ3n) is 1.87. The number of nitrogens with one attached hydrogen (secondary N) is 1. The van der Waals surface area contributed by atoms with Gasteiger partial charge < -0.3 is 5.32 Å². The van der Waals surface area contributed by atoms with Crippen molar-refractivity contribution in [3.8, 4) is 0 Å². The Balaban J connectivity index is 3.70. The average molecular weight is 184 g/mol. The second-order valence-electron chi connectivity index (χ2n) is 2.91. The first-order valence-electron chi connectivity index (χ1n) is 4.85. The fourth-order valence-electron chi connectivity index (χ4n) is 1.09. The Kier molecular flexibility index (Phi) is 7.30. The van der Waals surface area contributed by atoms with E-state index in [1.165, 1.54) is 0 Å². The maximum atomic E-state index is 10.8. The molecule has 0 aliphatic rings. The van der Waals surface area contributed by atoms with E-state index in [0.29, 0.717) is 0 Å². The smallest absolute Gasteiger partial charge is 0.243 e. The van der Waals surface area contributed by atoms with E-state index in [2.05, 4.69) is 24.1 Å². The molecule has 0 radical (unpaired) electrons. The second-order valence-corrected chi connectivity index (χ2v) is 2.91. The summed E-state index contributed by atoms with van der Waals surface area (Å²) in [5.74, 6) is -0.0347. The molecule has 0 aliphatic heterocycles. The van der Waals surface area contributed by atoms with Crippen LogP contribution in [0, 0.1) is 0 Å². The maximum Gasteiger partial charge on any atom is 0.243 e. The molecule has 0 saturated carbocycles. The Morgan fingerprint density at radius 3 is 2.62 bits per heavy atom. The Morgan fingerprint density at radius 2 is 2.15 bits per heavy atom. The van der Waals surface area contributed by atoms with Gasteiger partial charge in [0.25, 0.3) is 0 Å². The first kappa shape index (κ1) is 12.2. The third-order valence-corrected chi connectivity index (χ3v) is 1.87. The number of hydrogen-bond acceptors (Lipinski definition) is 2. The molecule has 0 rings (SSSR count). The van der Waals surface area contributed by atoms with Crippen molar-refractivity contribution in [1.82, 2.24) is 10.2 Å². The van der Waals surface area contributed by atoms with Gasteiger partial charge in [0.2, 0.25) is 5.91 Å². The standard InChI is InChI=1S/C10H20N2O/c1-4-8-12(5-2)9-6-7-10(13)11-3/h6-7H,4-5,8-9H2,1-3H3,(H,11,13)/b7-6+. The predicted molar refractivity (Wildman–Crippen MR) is 55.6 cm³/mol. The largest absolute Gasteiger partial charge is 0.356 e. The lowest BCUT2D eigenvalue weighted by Crippen LogP contribution is -2.24. The van der Waals surface area contributed by atoms with Crippen LogP contribution < -0.4 is 5.32 Å². The van der Waals surface area contributed by atoms with Gasteiger partial charge in [-0.15, -0.1) is 0 Å². The molecule has 0 fully saturated rings. The molecule has 0 aromatic rings. The fourth-order valence-corrected chi connectivity index (χ4v) is 1.09. The fraction of sp³-hybridized carbons (Fsp3) is 0.700. The molecular formula is C10H20N2O. The molecule has 0 bridgehead atoms.